The number of hydrogen-bond acceptors (Lipinski definition) is 2. The SMILES string of the molecule is CCCCCCCCCCC1(CCCCCCCCCC)NN1. The van der Waals surface area contributed by atoms with E-state index in [9.17, 15) is 0 Å². The van der Waals surface area contributed by atoms with E-state index >= 15 is 0 Å². The Balaban J connectivity index is 1.83. The molecule has 0 aromatic heterocycles. The average molecular weight is 325 g/mol. The summed E-state index contributed by atoms with van der Waals surface area (Å²) in [5.74, 6) is 0. The molecule has 2 nitrogen and oxygen atoms in total. The van der Waals surface area contributed by atoms with E-state index < -0.39 is 0 Å². The fourth-order valence-electron chi connectivity index (χ4n) is 3.58. The zero-order valence-corrected chi connectivity index (χ0v) is 16.2. The van der Waals surface area contributed by atoms with Gasteiger partial charge in [0.25, 0.3) is 0 Å². The van der Waals surface area contributed by atoms with Gasteiger partial charge in [-0.3, -0.25) is 0 Å². The van der Waals surface area contributed by atoms with Crippen LogP contribution in [0.15, 0.2) is 0 Å². The third kappa shape index (κ3) is 12.0. The largest absolute Gasteiger partial charge is 0.235 e. The Hall–Kier alpha value is -0.0800. The number of nitrogens with one attached hydrogen (secondary N) is 2. The first-order valence-electron chi connectivity index (χ1n) is 10.9. The molecule has 0 radical (unpaired) electrons. The van der Waals surface area contributed by atoms with Crippen LogP contribution < -0.4 is 10.9 Å². The molecule has 0 aromatic rings. The lowest BCUT2D eigenvalue weighted by Crippen LogP contribution is -2.17. The van der Waals surface area contributed by atoms with Gasteiger partial charge in [-0.1, -0.05) is 117 Å². The summed E-state index contributed by atoms with van der Waals surface area (Å²) in [6.07, 6.45) is 25.5. The van der Waals surface area contributed by atoms with Crippen molar-refractivity contribution in [3.05, 3.63) is 0 Å². The molecule has 0 bridgehead atoms. The lowest BCUT2D eigenvalue weighted by atomic mass is 9.98. The molecule has 0 aromatic carbocycles. The fourth-order valence-corrected chi connectivity index (χ4v) is 3.58. The van der Waals surface area contributed by atoms with Gasteiger partial charge in [-0.05, 0) is 12.8 Å². The molecule has 1 fully saturated rings. The monoisotopic (exact) mass is 324 g/mol. The molecule has 1 aliphatic heterocycles. The van der Waals surface area contributed by atoms with Crippen molar-refractivity contribution in [2.75, 3.05) is 0 Å². The maximum Gasteiger partial charge on any atom is 0.0943 e. The van der Waals surface area contributed by atoms with Crippen LogP contribution in [-0.4, -0.2) is 5.66 Å². The molecule has 0 unspecified atom stereocenters. The van der Waals surface area contributed by atoms with E-state index in [1.807, 2.05) is 0 Å². The average Bonchev–Trinajstić information content (AvgIpc) is 3.33. The van der Waals surface area contributed by atoms with Crippen LogP contribution >= 0.6 is 0 Å². The Morgan fingerprint density at radius 3 is 1.04 bits per heavy atom. The first-order valence-corrected chi connectivity index (χ1v) is 10.9. The standard InChI is InChI=1S/C21H44N2/c1-3-5-7-9-11-13-15-17-19-21(22-23-21)20-18-16-14-12-10-8-6-4-2/h22-23H,3-20H2,1-2H3. The van der Waals surface area contributed by atoms with E-state index in [1.165, 1.54) is 116 Å². The highest BCUT2D eigenvalue weighted by Crippen LogP contribution is 2.26. The van der Waals surface area contributed by atoms with E-state index in [-0.39, 0.29) is 0 Å². The van der Waals surface area contributed by atoms with Crippen LogP contribution in [0, 0.1) is 0 Å². The summed E-state index contributed by atoms with van der Waals surface area (Å²) in [6, 6.07) is 0. The van der Waals surface area contributed by atoms with Gasteiger partial charge in [-0.15, -0.1) is 0 Å². The van der Waals surface area contributed by atoms with Crippen molar-refractivity contribution in [1.29, 1.82) is 0 Å². The Kier molecular flexibility index (Phi) is 13.0. The molecule has 1 rings (SSSR count). The van der Waals surface area contributed by atoms with Crippen molar-refractivity contribution in [3.63, 3.8) is 0 Å². The molecular formula is C21H44N2. The second-order valence-electron chi connectivity index (χ2n) is 7.78. The molecular weight excluding hydrogens is 280 g/mol. The summed E-state index contributed by atoms with van der Waals surface area (Å²) in [5, 5.41) is 0. The third-order valence-corrected chi connectivity index (χ3v) is 5.39. The van der Waals surface area contributed by atoms with Gasteiger partial charge >= 0.3 is 0 Å². The van der Waals surface area contributed by atoms with Gasteiger partial charge in [0, 0.05) is 0 Å². The van der Waals surface area contributed by atoms with Gasteiger partial charge < -0.3 is 0 Å². The van der Waals surface area contributed by atoms with E-state index in [2.05, 4.69) is 24.7 Å². The van der Waals surface area contributed by atoms with Crippen LogP contribution in [0.5, 0.6) is 0 Å². The Morgan fingerprint density at radius 1 is 0.435 bits per heavy atom. The van der Waals surface area contributed by atoms with Gasteiger partial charge in [0.15, 0.2) is 0 Å². The molecule has 23 heavy (non-hydrogen) atoms. The molecule has 1 saturated heterocycles. The van der Waals surface area contributed by atoms with Gasteiger partial charge in [-0.2, -0.15) is 0 Å². The van der Waals surface area contributed by atoms with E-state index in [4.69, 9.17) is 0 Å². The van der Waals surface area contributed by atoms with Gasteiger partial charge in [-0.25, -0.2) is 10.9 Å². The van der Waals surface area contributed by atoms with E-state index in [0.29, 0.717) is 5.66 Å². The third-order valence-electron chi connectivity index (χ3n) is 5.39. The highest BCUT2D eigenvalue weighted by atomic mass is 15.7. The summed E-state index contributed by atoms with van der Waals surface area (Å²) in [6.45, 7) is 4.59. The molecule has 138 valence electrons. The predicted molar refractivity (Wildman–Crippen MR) is 103 cm³/mol. The molecule has 0 saturated carbocycles. The fraction of sp³-hybridized carbons (Fsp3) is 1.00. The van der Waals surface area contributed by atoms with E-state index in [0.717, 1.165) is 0 Å². The van der Waals surface area contributed by atoms with Crippen molar-refractivity contribution < 1.29 is 0 Å². The Labute approximate surface area is 146 Å². The van der Waals surface area contributed by atoms with E-state index in [1.54, 1.807) is 0 Å². The summed E-state index contributed by atoms with van der Waals surface area (Å²) in [5.41, 5.74) is 7.21. The van der Waals surface area contributed by atoms with Crippen molar-refractivity contribution >= 4 is 0 Å². The highest BCUT2D eigenvalue weighted by molar-refractivity contribution is 4.93. The Morgan fingerprint density at radius 2 is 0.739 bits per heavy atom. The smallest absolute Gasteiger partial charge is 0.0943 e. The molecule has 2 N–H and O–H groups in total. The highest BCUT2D eigenvalue weighted by Gasteiger charge is 2.39. The number of rotatable bonds is 18. The summed E-state index contributed by atoms with van der Waals surface area (Å²) in [4.78, 5) is 0. The molecule has 1 heterocycles. The maximum atomic E-state index is 3.44. The minimum absolute atomic E-state index is 0.338. The second kappa shape index (κ2) is 14.3. The number of hydrogen-bond donors (Lipinski definition) is 2. The minimum atomic E-state index is 0.338. The van der Waals surface area contributed by atoms with Gasteiger partial charge in [0.05, 0.1) is 5.66 Å². The van der Waals surface area contributed by atoms with Crippen LogP contribution in [0.2, 0.25) is 0 Å². The summed E-state index contributed by atoms with van der Waals surface area (Å²) < 4.78 is 0. The first-order chi connectivity index (χ1) is 11.3. The lowest BCUT2D eigenvalue weighted by molar-refractivity contribution is 0.443. The quantitative estimate of drug-likeness (QED) is 0.214. The molecule has 0 atom stereocenters. The van der Waals surface area contributed by atoms with Crippen LogP contribution in [-0.2, 0) is 0 Å². The van der Waals surface area contributed by atoms with Crippen molar-refractivity contribution in [3.8, 4) is 0 Å². The zero-order chi connectivity index (χ0) is 16.6. The molecule has 0 aliphatic carbocycles. The maximum absolute atomic E-state index is 3.44. The van der Waals surface area contributed by atoms with Crippen molar-refractivity contribution in [2.24, 2.45) is 0 Å². The minimum Gasteiger partial charge on any atom is -0.235 e. The predicted octanol–water partition coefficient (Wildman–Crippen LogP) is 6.85. The van der Waals surface area contributed by atoms with Gasteiger partial charge in [0.2, 0.25) is 0 Å². The Bertz CT molecular complexity index is 226. The van der Waals surface area contributed by atoms with Crippen LogP contribution in [0.3, 0.4) is 0 Å². The van der Waals surface area contributed by atoms with Crippen molar-refractivity contribution in [2.45, 2.75) is 135 Å². The number of unbranched alkanes of at least 4 members (excludes halogenated alkanes) is 14. The molecule has 1 aliphatic rings. The molecule has 0 amide bonds. The van der Waals surface area contributed by atoms with Gasteiger partial charge in [0.1, 0.15) is 0 Å². The molecule has 0 spiro atoms. The number of hydrazine groups is 1. The topological polar surface area (TPSA) is 43.9 Å². The summed E-state index contributed by atoms with van der Waals surface area (Å²) >= 11 is 0. The summed E-state index contributed by atoms with van der Waals surface area (Å²) in [7, 11) is 0. The van der Waals surface area contributed by atoms with Crippen LogP contribution in [0.4, 0.5) is 0 Å². The van der Waals surface area contributed by atoms with Crippen LogP contribution in [0.25, 0.3) is 0 Å². The van der Waals surface area contributed by atoms with Crippen molar-refractivity contribution in [1.82, 2.24) is 10.9 Å². The first kappa shape index (κ1) is 21.0. The lowest BCUT2D eigenvalue weighted by Gasteiger charge is -2.11. The zero-order valence-electron chi connectivity index (χ0n) is 16.2. The second-order valence-corrected chi connectivity index (χ2v) is 7.78. The van der Waals surface area contributed by atoms with Crippen LogP contribution in [0.1, 0.15) is 129 Å². The normalized spacial score (nSPS) is 15.9. The molecule has 2 heteroatoms.